The molecule has 0 aliphatic carbocycles. The SMILES string of the molecule is C[C@@H](Cc1nc(-c2ccccc2)no1)NC(=O)CSCCc1ccccc1. The molecule has 0 radical (unpaired) electrons. The number of thioether (sulfide) groups is 1. The van der Waals surface area contributed by atoms with Crippen molar-refractivity contribution >= 4 is 17.7 Å². The van der Waals surface area contributed by atoms with Gasteiger partial charge in [0, 0.05) is 18.0 Å². The smallest absolute Gasteiger partial charge is 0.230 e. The zero-order chi connectivity index (χ0) is 18.9. The Hall–Kier alpha value is -2.60. The molecule has 0 unspecified atom stereocenters. The van der Waals surface area contributed by atoms with Crippen LogP contribution in [0.25, 0.3) is 11.4 Å². The van der Waals surface area contributed by atoms with Crippen molar-refractivity contribution in [2.45, 2.75) is 25.8 Å². The summed E-state index contributed by atoms with van der Waals surface area (Å²) in [6, 6.07) is 19.9. The van der Waals surface area contributed by atoms with Crippen molar-refractivity contribution in [3.63, 3.8) is 0 Å². The minimum atomic E-state index is -0.0590. The average molecular weight is 382 g/mol. The first-order chi connectivity index (χ1) is 13.2. The molecule has 2 aromatic carbocycles. The molecule has 0 fully saturated rings. The molecule has 140 valence electrons. The van der Waals surface area contributed by atoms with E-state index >= 15 is 0 Å². The highest BCUT2D eigenvalue weighted by atomic mass is 32.2. The molecule has 27 heavy (non-hydrogen) atoms. The highest BCUT2D eigenvalue weighted by molar-refractivity contribution is 7.99. The number of carbonyl (C=O) groups is 1. The summed E-state index contributed by atoms with van der Waals surface area (Å²) in [5.74, 6) is 2.51. The third-order valence-corrected chi connectivity index (χ3v) is 4.96. The molecule has 5 nitrogen and oxygen atoms in total. The number of carbonyl (C=O) groups excluding carboxylic acids is 1. The lowest BCUT2D eigenvalue weighted by atomic mass is 10.2. The number of nitrogens with one attached hydrogen (secondary N) is 1. The summed E-state index contributed by atoms with van der Waals surface area (Å²) >= 11 is 1.64. The van der Waals surface area contributed by atoms with E-state index in [1.165, 1.54) is 5.56 Å². The lowest BCUT2D eigenvalue weighted by Gasteiger charge is -2.11. The van der Waals surface area contributed by atoms with Crippen molar-refractivity contribution in [2.75, 3.05) is 11.5 Å². The van der Waals surface area contributed by atoms with Crippen LogP contribution in [0.15, 0.2) is 65.2 Å². The van der Waals surface area contributed by atoms with E-state index in [0.29, 0.717) is 23.9 Å². The Morgan fingerprint density at radius 2 is 1.81 bits per heavy atom. The molecule has 1 N–H and O–H groups in total. The second-order valence-electron chi connectivity index (χ2n) is 6.34. The van der Waals surface area contributed by atoms with Crippen LogP contribution in [0.2, 0.25) is 0 Å². The molecule has 0 spiro atoms. The van der Waals surface area contributed by atoms with E-state index in [1.807, 2.05) is 55.5 Å². The summed E-state index contributed by atoms with van der Waals surface area (Å²) in [6.45, 7) is 1.94. The molecule has 0 saturated heterocycles. The molecule has 6 heteroatoms. The summed E-state index contributed by atoms with van der Waals surface area (Å²) in [5, 5.41) is 6.99. The van der Waals surface area contributed by atoms with Gasteiger partial charge in [-0.15, -0.1) is 0 Å². The van der Waals surface area contributed by atoms with Crippen LogP contribution in [-0.2, 0) is 17.6 Å². The predicted molar refractivity (Wildman–Crippen MR) is 109 cm³/mol. The van der Waals surface area contributed by atoms with Crippen molar-refractivity contribution in [3.8, 4) is 11.4 Å². The summed E-state index contributed by atoms with van der Waals surface area (Å²) in [4.78, 5) is 16.5. The maximum absolute atomic E-state index is 12.1. The Morgan fingerprint density at radius 3 is 2.56 bits per heavy atom. The Kier molecular flexibility index (Phi) is 7.04. The van der Waals surface area contributed by atoms with Gasteiger partial charge in [0.05, 0.1) is 5.75 Å². The van der Waals surface area contributed by atoms with E-state index in [4.69, 9.17) is 4.52 Å². The highest BCUT2D eigenvalue weighted by Gasteiger charge is 2.14. The molecule has 1 heterocycles. The van der Waals surface area contributed by atoms with Gasteiger partial charge in [0.15, 0.2) is 0 Å². The Balaban J connectivity index is 1.38. The number of nitrogens with zero attached hydrogens (tertiary/aromatic N) is 2. The van der Waals surface area contributed by atoms with Gasteiger partial charge in [-0.05, 0) is 24.7 Å². The largest absolute Gasteiger partial charge is 0.352 e. The third-order valence-electron chi connectivity index (χ3n) is 4.00. The first kappa shape index (κ1) is 19.2. The highest BCUT2D eigenvalue weighted by Crippen LogP contribution is 2.15. The van der Waals surface area contributed by atoms with Crippen LogP contribution >= 0.6 is 11.8 Å². The van der Waals surface area contributed by atoms with Crippen molar-refractivity contribution in [3.05, 3.63) is 72.1 Å². The van der Waals surface area contributed by atoms with Crippen molar-refractivity contribution in [2.24, 2.45) is 0 Å². The second kappa shape index (κ2) is 9.92. The Bertz CT molecular complexity index is 837. The van der Waals surface area contributed by atoms with Crippen molar-refractivity contribution < 1.29 is 9.32 Å². The average Bonchev–Trinajstić information content (AvgIpc) is 3.15. The van der Waals surface area contributed by atoms with Crippen LogP contribution in [0.3, 0.4) is 0 Å². The van der Waals surface area contributed by atoms with Gasteiger partial charge in [0.2, 0.25) is 17.6 Å². The van der Waals surface area contributed by atoms with E-state index < -0.39 is 0 Å². The lowest BCUT2D eigenvalue weighted by Crippen LogP contribution is -2.35. The first-order valence-corrected chi connectivity index (χ1v) is 10.1. The van der Waals surface area contributed by atoms with Crippen LogP contribution in [0.4, 0.5) is 0 Å². The number of benzene rings is 2. The van der Waals surface area contributed by atoms with Gasteiger partial charge in [0.25, 0.3) is 0 Å². The van der Waals surface area contributed by atoms with Crippen LogP contribution in [0.5, 0.6) is 0 Å². The molecular formula is C21H23N3O2S. The predicted octanol–water partition coefficient (Wildman–Crippen LogP) is 3.76. The van der Waals surface area contributed by atoms with E-state index in [-0.39, 0.29) is 11.9 Å². The molecule has 0 aliphatic rings. The molecule has 0 bridgehead atoms. The van der Waals surface area contributed by atoms with Gasteiger partial charge >= 0.3 is 0 Å². The summed E-state index contributed by atoms with van der Waals surface area (Å²) in [6.07, 6.45) is 1.48. The molecule has 1 amide bonds. The number of aryl methyl sites for hydroxylation is 1. The van der Waals surface area contributed by atoms with Gasteiger partial charge in [-0.3, -0.25) is 4.79 Å². The third kappa shape index (κ3) is 6.25. The summed E-state index contributed by atoms with van der Waals surface area (Å²) in [7, 11) is 0. The van der Waals surface area contributed by atoms with Crippen LogP contribution in [-0.4, -0.2) is 33.6 Å². The molecular weight excluding hydrogens is 358 g/mol. The van der Waals surface area contributed by atoms with Crippen LogP contribution in [0.1, 0.15) is 18.4 Å². The van der Waals surface area contributed by atoms with Crippen LogP contribution in [0, 0.1) is 0 Å². The first-order valence-electron chi connectivity index (χ1n) is 9.00. The van der Waals surface area contributed by atoms with Crippen molar-refractivity contribution in [1.82, 2.24) is 15.5 Å². The van der Waals surface area contributed by atoms with E-state index in [9.17, 15) is 4.79 Å². The van der Waals surface area contributed by atoms with E-state index in [2.05, 4.69) is 27.6 Å². The molecule has 1 atom stereocenters. The Labute approximate surface area is 163 Å². The number of aromatic nitrogens is 2. The number of hydrogen-bond donors (Lipinski definition) is 1. The molecule has 3 aromatic rings. The summed E-state index contributed by atoms with van der Waals surface area (Å²) < 4.78 is 5.30. The van der Waals surface area contributed by atoms with Gasteiger partial charge in [-0.1, -0.05) is 65.8 Å². The monoisotopic (exact) mass is 381 g/mol. The fraction of sp³-hybridized carbons (Fsp3) is 0.286. The van der Waals surface area contributed by atoms with Gasteiger partial charge in [-0.2, -0.15) is 16.7 Å². The molecule has 1 aromatic heterocycles. The van der Waals surface area contributed by atoms with Crippen LogP contribution < -0.4 is 5.32 Å². The lowest BCUT2D eigenvalue weighted by molar-refractivity contribution is -0.119. The normalized spacial score (nSPS) is 11.9. The van der Waals surface area contributed by atoms with E-state index in [0.717, 1.165) is 17.7 Å². The van der Waals surface area contributed by atoms with Crippen molar-refractivity contribution in [1.29, 1.82) is 0 Å². The fourth-order valence-corrected chi connectivity index (χ4v) is 3.46. The molecule has 3 rings (SSSR count). The zero-order valence-corrected chi connectivity index (χ0v) is 16.1. The standard InChI is InChI=1S/C21H23N3O2S/c1-16(14-20-23-21(24-26-20)18-10-6-3-7-11-18)22-19(25)15-27-13-12-17-8-4-2-5-9-17/h2-11,16H,12-15H2,1H3,(H,22,25)/t16-/m0/s1. The number of hydrogen-bond acceptors (Lipinski definition) is 5. The minimum absolute atomic E-state index is 0.0309. The maximum atomic E-state index is 12.1. The number of amides is 1. The topological polar surface area (TPSA) is 68.0 Å². The van der Waals surface area contributed by atoms with Gasteiger partial charge in [0.1, 0.15) is 0 Å². The number of rotatable bonds is 9. The molecule has 0 aliphatic heterocycles. The van der Waals surface area contributed by atoms with Gasteiger partial charge in [-0.25, -0.2) is 0 Å². The van der Waals surface area contributed by atoms with Gasteiger partial charge < -0.3 is 9.84 Å². The zero-order valence-electron chi connectivity index (χ0n) is 15.3. The quantitative estimate of drug-likeness (QED) is 0.572. The summed E-state index contributed by atoms with van der Waals surface area (Å²) in [5.41, 5.74) is 2.21. The minimum Gasteiger partial charge on any atom is -0.352 e. The fourth-order valence-electron chi connectivity index (χ4n) is 2.67. The van der Waals surface area contributed by atoms with E-state index in [1.54, 1.807) is 11.8 Å². The molecule has 0 saturated carbocycles. The Morgan fingerprint density at radius 1 is 1.11 bits per heavy atom. The second-order valence-corrected chi connectivity index (χ2v) is 7.44. The maximum Gasteiger partial charge on any atom is 0.230 e.